The van der Waals surface area contributed by atoms with Crippen molar-refractivity contribution in [1.29, 1.82) is 0 Å². The fraction of sp³-hybridized carbons (Fsp3) is 0.278. The third-order valence-electron chi connectivity index (χ3n) is 3.74. The Labute approximate surface area is 162 Å². The van der Waals surface area contributed by atoms with Crippen LogP contribution in [0, 0.1) is 0 Å². The van der Waals surface area contributed by atoms with E-state index >= 15 is 0 Å². The van der Waals surface area contributed by atoms with E-state index in [1.807, 2.05) is 0 Å². The van der Waals surface area contributed by atoms with Crippen LogP contribution >= 0.6 is 0 Å². The van der Waals surface area contributed by atoms with Crippen molar-refractivity contribution >= 4 is 22.5 Å². The summed E-state index contributed by atoms with van der Waals surface area (Å²) in [6.07, 6.45) is 0. The van der Waals surface area contributed by atoms with E-state index in [4.69, 9.17) is 4.74 Å². The number of carbonyl (C=O) groups excluding carboxylic acids is 1. The summed E-state index contributed by atoms with van der Waals surface area (Å²) in [5.41, 5.74) is -3.89. The van der Waals surface area contributed by atoms with Crippen molar-refractivity contribution < 1.29 is 32.0 Å². The molecule has 0 bridgehead atoms. The Morgan fingerprint density at radius 1 is 1.18 bits per heavy atom. The summed E-state index contributed by atoms with van der Waals surface area (Å²) in [5.74, 6) is 0.581. The number of nitrogens with one attached hydrogen (secondary N) is 1. The number of ether oxygens (including phenoxy) is 1. The van der Waals surface area contributed by atoms with Crippen molar-refractivity contribution in [1.82, 2.24) is 4.90 Å². The van der Waals surface area contributed by atoms with Gasteiger partial charge in [-0.15, -0.1) is 0 Å². The number of amides is 2. The Morgan fingerprint density at radius 3 is 2.39 bits per heavy atom. The van der Waals surface area contributed by atoms with Crippen LogP contribution in [0.5, 0.6) is 5.75 Å². The van der Waals surface area contributed by atoms with Gasteiger partial charge in [0, 0.05) is 22.7 Å². The van der Waals surface area contributed by atoms with Gasteiger partial charge in [-0.2, -0.15) is 13.2 Å². The number of anilines is 1. The van der Waals surface area contributed by atoms with Crippen LogP contribution in [0.25, 0.3) is 0 Å². The Bertz CT molecular complexity index is 828. The van der Waals surface area contributed by atoms with Gasteiger partial charge in [-0.25, -0.2) is 9.00 Å². The first-order chi connectivity index (χ1) is 13.3. The molecule has 0 saturated carbocycles. The third kappa shape index (κ3) is 5.70. The van der Waals surface area contributed by atoms with Crippen LogP contribution < -0.4 is 10.1 Å². The average molecular weight is 416 g/mol. The Hall–Kier alpha value is -2.59. The van der Waals surface area contributed by atoms with E-state index in [-0.39, 0.29) is 25.4 Å². The lowest BCUT2D eigenvalue weighted by Crippen LogP contribution is -2.36. The van der Waals surface area contributed by atoms with E-state index in [2.05, 4.69) is 5.32 Å². The fourth-order valence-electron chi connectivity index (χ4n) is 2.41. The average Bonchev–Trinajstić information content (AvgIpc) is 2.67. The van der Waals surface area contributed by atoms with E-state index in [9.17, 15) is 27.3 Å². The molecule has 2 aromatic rings. The van der Waals surface area contributed by atoms with E-state index in [1.54, 1.807) is 24.3 Å². The molecule has 0 aliphatic carbocycles. The van der Waals surface area contributed by atoms with Gasteiger partial charge in [0.25, 0.3) is 0 Å². The van der Waals surface area contributed by atoms with Crippen LogP contribution in [-0.4, -0.2) is 46.0 Å². The number of methoxy groups -OCH3 is 1. The maximum Gasteiger partial charge on any atom is 0.475 e. The first-order valence-corrected chi connectivity index (χ1v) is 9.28. The second kappa shape index (κ2) is 9.56. The normalized spacial score (nSPS) is 12.3. The quantitative estimate of drug-likeness (QED) is 0.726. The summed E-state index contributed by atoms with van der Waals surface area (Å²) in [6, 6.07) is 11.1. The van der Waals surface area contributed by atoms with Crippen LogP contribution in [0.15, 0.2) is 53.4 Å². The van der Waals surface area contributed by atoms with Crippen LogP contribution in [0.2, 0.25) is 0 Å². The predicted molar refractivity (Wildman–Crippen MR) is 98.4 cm³/mol. The third-order valence-corrected chi connectivity index (χ3v) is 4.86. The minimum Gasteiger partial charge on any atom is -0.496 e. The predicted octanol–water partition coefficient (Wildman–Crippen LogP) is 3.35. The minimum atomic E-state index is -4.85. The number of rotatable bonds is 7. The Balaban J connectivity index is 2.10. The van der Waals surface area contributed by atoms with E-state index < -0.39 is 27.2 Å². The zero-order valence-electron chi connectivity index (χ0n) is 14.9. The minimum absolute atomic E-state index is 0.0417. The highest BCUT2D eigenvalue weighted by Gasteiger charge is 2.37. The topological polar surface area (TPSA) is 78.9 Å². The van der Waals surface area contributed by atoms with Crippen molar-refractivity contribution in [3.8, 4) is 5.75 Å². The lowest BCUT2D eigenvalue weighted by Gasteiger charge is -2.23. The SMILES string of the molecule is COc1ccccc1CN(CCO)C(=O)Nc1ccc([S@](=O)C(F)(F)F)cc1. The monoisotopic (exact) mass is 416 g/mol. The van der Waals surface area contributed by atoms with Gasteiger partial charge in [0.2, 0.25) is 0 Å². The van der Waals surface area contributed by atoms with Crippen LogP contribution in [-0.2, 0) is 17.3 Å². The summed E-state index contributed by atoms with van der Waals surface area (Å²) in [7, 11) is -1.63. The second-order valence-electron chi connectivity index (χ2n) is 5.63. The summed E-state index contributed by atoms with van der Waals surface area (Å²) in [5, 5.41) is 11.8. The molecule has 0 radical (unpaired) electrons. The van der Waals surface area contributed by atoms with Gasteiger partial charge in [-0.1, -0.05) is 18.2 Å². The number of urea groups is 1. The second-order valence-corrected chi connectivity index (χ2v) is 7.10. The molecule has 152 valence electrons. The van der Waals surface area contributed by atoms with E-state index in [0.717, 1.165) is 17.7 Å². The Morgan fingerprint density at radius 2 is 1.82 bits per heavy atom. The van der Waals surface area contributed by atoms with Crippen molar-refractivity contribution in [2.24, 2.45) is 0 Å². The molecule has 2 amide bonds. The van der Waals surface area contributed by atoms with Gasteiger partial charge >= 0.3 is 11.5 Å². The number of carbonyl (C=O) groups is 1. The highest BCUT2D eigenvalue weighted by Crippen LogP contribution is 2.27. The Kier molecular flexibility index (Phi) is 7.41. The molecule has 1 atom stereocenters. The zero-order chi connectivity index (χ0) is 20.7. The molecule has 2 rings (SSSR count). The molecule has 0 saturated heterocycles. The maximum absolute atomic E-state index is 12.5. The van der Waals surface area contributed by atoms with Crippen LogP contribution in [0.1, 0.15) is 5.56 Å². The number of alkyl halides is 3. The number of hydrogen-bond acceptors (Lipinski definition) is 4. The molecular weight excluding hydrogens is 397 g/mol. The zero-order valence-corrected chi connectivity index (χ0v) is 15.7. The highest BCUT2D eigenvalue weighted by atomic mass is 32.2. The molecule has 10 heteroatoms. The summed E-state index contributed by atoms with van der Waals surface area (Å²) in [4.78, 5) is 13.4. The summed E-state index contributed by atoms with van der Waals surface area (Å²) in [6.45, 7) is -0.0707. The number of aliphatic hydroxyl groups excluding tert-OH is 1. The maximum atomic E-state index is 12.5. The van der Waals surface area contributed by atoms with Crippen LogP contribution in [0.4, 0.5) is 23.7 Å². The number of aliphatic hydroxyl groups is 1. The van der Waals surface area contributed by atoms with Gasteiger partial charge in [0.05, 0.1) is 20.3 Å². The molecule has 0 fully saturated rings. The first-order valence-electron chi connectivity index (χ1n) is 8.13. The highest BCUT2D eigenvalue weighted by molar-refractivity contribution is 7.86. The summed E-state index contributed by atoms with van der Waals surface area (Å²) >= 11 is 0. The van der Waals surface area contributed by atoms with Gasteiger partial charge in [0.1, 0.15) is 5.75 Å². The molecule has 2 aromatic carbocycles. The molecular formula is C18H19F3N2O4S. The number of benzene rings is 2. The van der Waals surface area contributed by atoms with Crippen molar-refractivity contribution in [2.45, 2.75) is 16.9 Å². The molecule has 0 aliphatic heterocycles. The molecule has 6 nitrogen and oxygen atoms in total. The van der Waals surface area contributed by atoms with Crippen LogP contribution in [0.3, 0.4) is 0 Å². The molecule has 0 aromatic heterocycles. The molecule has 0 heterocycles. The standard InChI is InChI=1S/C18H19F3N2O4S/c1-27-16-5-3-2-4-13(16)12-23(10-11-24)17(25)22-14-6-8-15(9-7-14)28(26)18(19,20)21/h2-9,24H,10-12H2,1H3,(H,22,25)/t28-/m0/s1. The number of nitrogens with zero attached hydrogens (tertiary/aromatic N) is 1. The fourth-order valence-corrected chi connectivity index (χ4v) is 3.06. The molecule has 2 N–H and O–H groups in total. The summed E-state index contributed by atoms with van der Waals surface area (Å²) < 4.78 is 54.0. The van der Waals surface area contributed by atoms with Crippen molar-refractivity contribution in [3.63, 3.8) is 0 Å². The van der Waals surface area contributed by atoms with E-state index in [1.165, 1.54) is 24.1 Å². The van der Waals surface area contributed by atoms with Gasteiger partial charge in [-0.3, -0.25) is 0 Å². The smallest absolute Gasteiger partial charge is 0.475 e. The van der Waals surface area contributed by atoms with E-state index in [0.29, 0.717) is 5.75 Å². The van der Waals surface area contributed by atoms with Crippen molar-refractivity contribution in [2.75, 3.05) is 25.6 Å². The van der Waals surface area contributed by atoms with Gasteiger partial charge < -0.3 is 20.1 Å². The van der Waals surface area contributed by atoms with Gasteiger partial charge in [0.15, 0.2) is 10.8 Å². The molecule has 28 heavy (non-hydrogen) atoms. The molecule has 0 unspecified atom stereocenters. The largest absolute Gasteiger partial charge is 0.496 e. The number of halogens is 3. The number of hydrogen-bond donors (Lipinski definition) is 2. The number of para-hydroxylation sites is 1. The van der Waals surface area contributed by atoms with Crippen molar-refractivity contribution in [3.05, 3.63) is 54.1 Å². The molecule has 0 spiro atoms. The molecule has 0 aliphatic rings. The lowest BCUT2D eigenvalue weighted by molar-refractivity contribution is -0.0384. The first kappa shape index (κ1) is 21.7. The lowest BCUT2D eigenvalue weighted by atomic mass is 10.2. The van der Waals surface area contributed by atoms with Gasteiger partial charge in [-0.05, 0) is 30.3 Å².